The summed E-state index contributed by atoms with van der Waals surface area (Å²) in [5.74, 6) is 0.384. The summed E-state index contributed by atoms with van der Waals surface area (Å²) in [7, 11) is 0. The van der Waals surface area contributed by atoms with E-state index in [-0.39, 0.29) is 11.8 Å². The zero-order chi connectivity index (χ0) is 24.3. The maximum atomic E-state index is 12.7. The Hall–Kier alpha value is -4.38. The lowest BCUT2D eigenvalue weighted by molar-refractivity contribution is -0.116. The van der Waals surface area contributed by atoms with Gasteiger partial charge in [0, 0.05) is 29.8 Å². The average Bonchev–Trinajstić information content (AvgIpc) is 2.90. The third kappa shape index (κ3) is 7.57. The van der Waals surface area contributed by atoms with E-state index in [1.165, 1.54) is 5.56 Å². The molecule has 0 saturated heterocycles. The average molecular weight is 465 g/mol. The van der Waals surface area contributed by atoms with Crippen molar-refractivity contribution in [3.63, 3.8) is 0 Å². The Morgan fingerprint density at radius 2 is 1.23 bits per heavy atom. The number of amides is 2. The molecule has 0 aliphatic heterocycles. The van der Waals surface area contributed by atoms with Gasteiger partial charge >= 0.3 is 0 Å². The highest BCUT2D eigenvalue weighted by molar-refractivity contribution is 6.04. The van der Waals surface area contributed by atoms with Crippen molar-refractivity contribution in [2.24, 2.45) is 0 Å². The number of carbonyl (C=O) groups excluding carboxylic acids is 2. The lowest BCUT2D eigenvalue weighted by Gasteiger charge is -2.10. The first-order valence-corrected chi connectivity index (χ1v) is 11.7. The van der Waals surface area contributed by atoms with Gasteiger partial charge in [0.25, 0.3) is 5.91 Å². The number of ether oxygens (including phenoxy) is 1. The minimum absolute atomic E-state index is 0.0466. The second kappa shape index (κ2) is 12.2. The van der Waals surface area contributed by atoms with Gasteiger partial charge < -0.3 is 15.4 Å². The molecule has 4 aromatic carbocycles. The van der Waals surface area contributed by atoms with E-state index in [2.05, 4.69) is 22.8 Å². The molecule has 4 rings (SSSR count). The van der Waals surface area contributed by atoms with Crippen LogP contribution in [0.2, 0.25) is 0 Å². The lowest BCUT2D eigenvalue weighted by Crippen LogP contribution is -2.13. The van der Waals surface area contributed by atoms with E-state index in [0.717, 1.165) is 12.0 Å². The van der Waals surface area contributed by atoms with Gasteiger partial charge in [-0.1, -0.05) is 66.7 Å². The molecule has 2 amide bonds. The van der Waals surface area contributed by atoms with Crippen LogP contribution in [0.1, 0.15) is 27.9 Å². The van der Waals surface area contributed by atoms with Gasteiger partial charge in [0.1, 0.15) is 5.75 Å². The molecule has 0 aromatic heterocycles. The van der Waals surface area contributed by atoms with Gasteiger partial charge in [-0.05, 0) is 60.0 Å². The van der Waals surface area contributed by atoms with Crippen molar-refractivity contribution in [2.45, 2.75) is 19.3 Å². The van der Waals surface area contributed by atoms with Crippen molar-refractivity contribution in [2.75, 3.05) is 17.2 Å². The molecule has 0 radical (unpaired) electrons. The number of nitrogens with one attached hydrogen (secondary N) is 2. The molecule has 0 fully saturated rings. The molecule has 0 aliphatic rings. The van der Waals surface area contributed by atoms with Crippen LogP contribution in [0, 0.1) is 0 Å². The summed E-state index contributed by atoms with van der Waals surface area (Å²) in [5, 5.41) is 5.78. The highest BCUT2D eigenvalue weighted by Gasteiger charge is 2.09. The molecule has 35 heavy (non-hydrogen) atoms. The SMILES string of the molecule is O=C(CCc1ccccc1)Nc1ccc(NC(=O)c2cccc(OCCc3ccccc3)c2)cc1. The van der Waals surface area contributed by atoms with Gasteiger partial charge in [-0.15, -0.1) is 0 Å². The largest absolute Gasteiger partial charge is 0.493 e. The molecule has 0 atom stereocenters. The molecule has 0 bridgehead atoms. The van der Waals surface area contributed by atoms with Gasteiger partial charge in [0.2, 0.25) is 5.91 Å². The fourth-order valence-electron chi connectivity index (χ4n) is 3.62. The Balaban J connectivity index is 1.25. The van der Waals surface area contributed by atoms with Crippen LogP contribution in [-0.2, 0) is 17.6 Å². The Kier molecular flexibility index (Phi) is 8.28. The fourth-order valence-corrected chi connectivity index (χ4v) is 3.62. The number of aryl methyl sites for hydroxylation is 1. The standard InChI is InChI=1S/C30H28N2O3/c33-29(19-14-23-8-3-1-4-9-23)31-26-15-17-27(18-16-26)32-30(34)25-12-7-13-28(22-25)35-21-20-24-10-5-2-6-11-24/h1-13,15-18,22H,14,19-21H2,(H,31,33)(H,32,34). The van der Waals surface area contributed by atoms with Crippen LogP contribution in [0.25, 0.3) is 0 Å². The first-order valence-electron chi connectivity index (χ1n) is 11.7. The maximum Gasteiger partial charge on any atom is 0.255 e. The second-order valence-electron chi connectivity index (χ2n) is 8.18. The van der Waals surface area contributed by atoms with E-state index in [1.807, 2.05) is 54.6 Å². The molecule has 5 heteroatoms. The number of hydrogen-bond donors (Lipinski definition) is 2. The van der Waals surface area contributed by atoms with Crippen molar-refractivity contribution in [3.8, 4) is 5.75 Å². The smallest absolute Gasteiger partial charge is 0.255 e. The predicted molar refractivity (Wildman–Crippen MR) is 140 cm³/mol. The normalized spacial score (nSPS) is 10.4. The molecule has 0 aliphatic carbocycles. The number of carbonyl (C=O) groups is 2. The van der Waals surface area contributed by atoms with E-state index >= 15 is 0 Å². The third-order valence-electron chi connectivity index (χ3n) is 5.51. The highest BCUT2D eigenvalue weighted by atomic mass is 16.5. The molecule has 4 aromatic rings. The number of benzene rings is 4. The van der Waals surface area contributed by atoms with Crippen LogP contribution in [0.5, 0.6) is 5.75 Å². The van der Waals surface area contributed by atoms with E-state index in [9.17, 15) is 9.59 Å². The first kappa shape index (κ1) is 23.8. The number of rotatable bonds is 10. The molecule has 0 heterocycles. The van der Waals surface area contributed by atoms with Gasteiger partial charge in [0.15, 0.2) is 0 Å². The van der Waals surface area contributed by atoms with Crippen LogP contribution in [0.3, 0.4) is 0 Å². The van der Waals surface area contributed by atoms with Gasteiger partial charge in [-0.25, -0.2) is 0 Å². The van der Waals surface area contributed by atoms with E-state index in [4.69, 9.17) is 4.74 Å². The summed E-state index contributed by atoms with van der Waals surface area (Å²) >= 11 is 0. The van der Waals surface area contributed by atoms with Crippen molar-refractivity contribution in [1.82, 2.24) is 0 Å². The summed E-state index contributed by atoms with van der Waals surface area (Å²) in [6, 6.07) is 34.3. The van der Waals surface area contributed by atoms with Crippen LogP contribution < -0.4 is 15.4 Å². The number of hydrogen-bond acceptors (Lipinski definition) is 3. The predicted octanol–water partition coefficient (Wildman–Crippen LogP) is 6.13. The Morgan fingerprint density at radius 3 is 1.89 bits per heavy atom. The zero-order valence-corrected chi connectivity index (χ0v) is 19.4. The summed E-state index contributed by atoms with van der Waals surface area (Å²) in [6.45, 7) is 0.535. The molecular formula is C30H28N2O3. The monoisotopic (exact) mass is 464 g/mol. The van der Waals surface area contributed by atoms with Crippen molar-refractivity contribution in [3.05, 3.63) is 126 Å². The van der Waals surface area contributed by atoms with E-state index in [0.29, 0.717) is 42.1 Å². The number of anilines is 2. The third-order valence-corrected chi connectivity index (χ3v) is 5.51. The minimum Gasteiger partial charge on any atom is -0.493 e. The minimum atomic E-state index is -0.224. The maximum absolute atomic E-state index is 12.7. The molecule has 2 N–H and O–H groups in total. The van der Waals surface area contributed by atoms with Crippen LogP contribution in [-0.4, -0.2) is 18.4 Å². The summed E-state index contributed by atoms with van der Waals surface area (Å²) in [5.41, 5.74) is 4.19. The Labute approximate surface area is 205 Å². The second-order valence-corrected chi connectivity index (χ2v) is 8.18. The summed E-state index contributed by atoms with van der Waals surface area (Å²) in [4.78, 5) is 24.9. The topological polar surface area (TPSA) is 67.4 Å². The van der Waals surface area contributed by atoms with E-state index < -0.39 is 0 Å². The molecule has 0 saturated carbocycles. The molecular weight excluding hydrogens is 436 g/mol. The Morgan fingerprint density at radius 1 is 0.629 bits per heavy atom. The van der Waals surface area contributed by atoms with Crippen LogP contribution in [0.4, 0.5) is 11.4 Å². The van der Waals surface area contributed by atoms with Crippen molar-refractivity contribution in [1.29, 1.82) is 0 Å². The first-order chi connectivity index (χ1) is 17.2. The van der Waals surface area contributed by atoms with Crippen LogP contribution in [0.15, 0.2) is 109 Å². The summed E-state index contributed by atoms with van der Waals surface area (Å²) < 4.78 is 5.83. The lowest BCUT2D eigenvalue weighted by atomic mass is 10.1. The molecule has 176 valence electrons. The Bertz CT molecular complexity index is 1240. The fraction of sp³-hybridized carbons (Fsp3) is 0.133. The van der Waals surface area contributed by atoms with Gasteiger partial charge in [-0.2, -0.15) is 0 Å². The van der Waals surface area contributed by atoms with E-state index in [1.54, 1.807) is 42.5 Å². The van der Waals surface area contributed by atoms with Gasteiger partial charge in [-0.3, -0.25) is 9.59 Å². The molecule has 5 nitrogen and oxygen atoms in total. The zero-order valence-electron chi connectivity index (χ0n) is 19.4. The highest BCUT2D eigenvalue weighted by Crippen LogP contribution is 2.18. The van der Waals surface area contributed by atoms with Gasteiger partial charge in [0.05, 0.1) is 6.61 Å². The quantitative estimate of drug-likeness (QED) is 0.297. The molecule has 0 spiro atoms. The molecule has 0 unspecified atom stereocenters. The van der Waals surface area contributed by atoms with Crippen molar-refractivity contribution >= 4 is 23.2 Å². The van der Waals surface area contributed by atoms with Crippen molar-refractivity contribution < 1.29 is 14.3 Å². The summed E-state index contributed by atoms with van der Waals surface area (Å²) in [6.07, 6.45) is 1.90. The van der Waals surface area contributed by atoms with Crippen LogP contribution >= 0.6 is 0 Å².